The van der Waals surface area contributed by atoms with Gasteiger partial charge in [-0.2, -0.15) is 0 Å². The molecule has 9 heavy (non-hydrogen) atoms. The topological polar surface area (TPSA) is 46.5 Å². The molecule has 0 aliphatic heterocycles. The molecule has 56 valence electrons. The van der Waals surface area contributed by atoms with Crippen molar-refractivity contribution < 1.29 is 14.0 Å². The van der Waals surface area contributed by atoms with Crippen LogP contribution in [0.5, 0.6) is 0 Å². The van der Waals surface area contributed by atoms with Gasteiger partial charge in [-0.15, -0.1) is 11.6 Å². The summed E-state index contributed by atoms with van der Waals surface area (Å²) in [5, 5.41) is 0. The van der Waals surface area contributed by atoms with Gasteiger partial charge in [0.25, 0.3) is 0 Å². The van der Waals surface area contributed by atoms with E-state index in [0.29, 0.717) is 6.61 Å². The molecule has 0 aromatic carbocycles. The number of hydrogen-bond donors (Lipinski definition) is 1. The first kappa shape index (κ1) is 9.44. The van der Waals surface area contributed by atoms with Crippen LogP contribution in [0.1, 0.15) is 13.3 Å². The van der Waals surface area contributed by atoms with Crippen molar-refractivity contribution in [3.63, 3.8) is 0 Å². The van der Waals surface area contributed by atoms with Crippen molar-refractivity contribution in [2.45, 2.75) is 13.3 Å². The number of hydrogen-bond acceptors (Lipinski definition) is 2. The Morgan fingerprint density at radius 2 is 2.33 bits per heavy atom. The zero-order valence-corrected chi connectivity index (χ0v) is 6.86. The first-order valence-corrected chi connectivity index (χ1v) is 4.94. The molecule has 0 saturated heterocycles. The minimum absolute atomic E-state index is 0.292. The van der Waals surface area contributed by atoms with E-state index in [1.54, 1.807) is 0 Å². The third kappa shape index (κ3) is 4.91. The van der Waals surface area contributed by atoms with Crippen LogP contribution < -0.4 is 0 Å². The quantitative estimate of drug-likeness (QED) is 0.520. The molecule has 0 fully saturated rings. The van der Waals surface area contributed by atoms with Gasteiger partial charge in [0.1, 0.15) is 5.62 Å². The van der Waals surface area contributed by atoms with Crippen LogP contribution in [0.2, 0.25) is 0 Å². The Balaban J connectivity index is 3.46. The maximum Gasteiger partial charge on any atom is 0.342 e. The van der Waals surface area contributed by atoms with E-state index in [1.807, 2.05) is 6.92 Å². The highest BCUT2D eigenvalue weighted by Gasteiger charge is 2.15. The second-order valence-electron chi connectivity index (χ2n) is 1.59. The van der Waals surface area contributed by atoms with Crippen molar-refractivity contribution in [2.24, 2.45) is 0 Å². The first-order chi connectivity index (χ1) is 4.12. The normalized spacial score (nSPS) is 17.2. The molecule has 1 N–H and O–H groups in total. The summed E-state index contributed by atoms with van der Waals surface area (Å²) in [7, 11) is -3.42. The molecule has 0 rings (SSSR count). The Hall–Kier alpha value is 0.440. The van der Waals surface area contributed by atoms with Crippen LogP contribution >= 0.6 is 19.2 Å². The second kappa shape index (κ2) is 4.29. The lowest BCUT2D eigenvalue weighted by Gasteiger charge is -2.05. The van der Waals surface area contributed by atoms with Gasteiger partial charge in [-0.25, -0.2) is 0 Å². The smallest absolute Gasteiger partial charge is 0.323 e. The lowest BCUT2D eigenvalue weighted by molar-refractivity contribution is 0.263. The predicted molar refractivity (Wildman–Crippen MR) is 36.8 cm³/mol. The van der Waals surface area contributed by atoms with Crippen molar-refractivity contribution in [1.82, 2.24) is 0 Å². The third-order valence-electron chi connectivity index (χ3n) is 0.648. The first-order valence-electron chi connectivity index (χ1n) is 2.64. The molecule has 0 saturated carbocycles. The Morgan fingerprint density at radius 1 is 1.78 bits per heavy atom. The molecule has 0 radical (unpaired) electrons. The predicted octanol–water partition coefficient (Wildman–Crippen LogP) is 1.79. The zero-order chi connectivity index (χ0) is 7.33. The van der Waals surface area contributed by atoms with Crippen LogP contribution in [-0.4, -0.2) is 17.1 Å². The van der Waals surface area contributed by atoms with E-state index in [2.05, 4.69) is 4.52 Å². The number of alkyl halides is 1. The molecule has 0 aromatic rings. The highest BCUT2D eigenvalue weighted by atomic mass is 35.5. The van der Waals surface area contributed by atoms with E-state index < -0.39 is 7.60 Å². The van der Waals surface area contributed by atoms with Gasteiger partial charge in [0, 0.05) is 0 Å². The van der Waals surface area contributed by atoms with E-state index in [9.17, 15) is 4.57 Å². The molecular formula is C4H10ClO3P. The SMILES string of the molecule is CCCOP(=O)(O)CCl. The van der Waals surface area contributed by atoms with Crippen LogP contribution in [0.3, 0.4) is 0 Å². The molecule has 0 spiro atoms. The summed E-state index contributed by atoms with van der Waals surface area (Å²) in [6.07, 6.45) is 0.724. The highest BCUT2D eigenvalue weighted by Crippen LogP contribution is 2.42. The van der Waals surface area contributed by atoms with Crippen molar-refractivity contribution in [3.8, 4) is 0 Å². The zero-order valence-electron chi connectivity index (χ0n) is 5.21. The van der Waals surface area contributed by atoms with Gasteiger partial charge in [0.05, 0.1) is 6.61 Å². The molecule has 1 unspecified atom stereocenters. The Labute approximate surface area is 59.5 Å². The molecule has 0 amide bonds. The minimum Gasteiger partial charge on any atom is -0.323 e. The third-order valence-corrected chi connectivity index (χ3v) is 2.44. The highest BCUT2D eigenvalue weighted by molar-refractivity contribution is 7.54. The van der Waals surface area contributed by atoms with E-state index in [0.717, 1.165) is 6.42 Å². The molecule has 0 aliphatic carbocycles. The summed E-state index contributed by atoms with van der Waals surface area (Å²) in [6, 6.07) is 0. The standard InChI is InChI=1S/C4H10ClO3P/c1-2-3-8-9(6,7)4-5/h2-4H2,1H3,(H,6,7). The summed E-state index contributed by atoms with van der Waals surface area (Å²) in [6.45, 7) is 2.15. The van der Waals surface area contributed by atoms with E-state index in [1.165, 1.54) is 0 Å². The molecule has 3 nitrogen and oxygen atoms in total. The van der Waals surface area contributed by atoms with Crippen molar-refractivity contribution >= 4 is 19.2 Å². The van der Waals surface area contributed by atoms with Crippen LogP contribution in [0, 0.1) is 0 Å². The van der Waals surface area contributed by atoms with E-state index in [-0.39, 0.29) is 5.62 Å². The van der Waals surface area contributed by atoms with Gasteiger partial charge in [-0.05, 0) is 6.42 Å². The average molecular weight is 173 g/mol. The molecule has 1 atom stereocenters. The fraction of sp³-hybridized carbons (Fsp3) is 1.00. The molecule has 5 heteroatoms. The van der Waals surface area contributed by atoms with Crippen LogP contribution in [0.15, 0.2) is 0 Å². The lowest BCUT2D eigenvalue weighted by atomic mass is 10.5. The minimum atomic E-state index is -3.42. The maximum absolute atomic E-state index is 10.5. The summed E-state index contributed by atoms with van der Waals surface area (Å²) < 4.78 is 15.0. The fourth-order valence-electron chi connectivity index (χ4n) is 0.268. The van der Waals surface area contributed by atoms with E-state index >= 15 is 0 Å². The molecule has 0 bridgehead atoms. The maximum atomic E-state index is 10.5. The van der Waals surface area contributed by atoms with Crippen LogP contribution in [-0.2, 0) is 9.09 Å². The Morgan fingerprint density at radius 3 is 2.67 bits per heavy atom. The molecule has 0 aliphatic rings. The van der Waals surface area contributed by atoms with Crippen LogP contribution in [0.4, 0.5) is 0 Å². The van der Waals surface area contributed by atoms with Gasteiger partial charge in [-0.3, -0.25) is 4.57 Å². The summed E-state index contributed by atoms with van der Waals surface area (Å²) >= 11 is 5.09. The van der Waals surface area contributed by atoms with Crippen molar-refractivity contribution in [1.29, 1.82) is 0 Å². The van der Waals surface area contributed by atoms with Gasteiger partial charge < -0.3 is 9.42 Å². The monoisotopic (exact) mass is 172 g/mol. The summed E-state index contributed by atoms with van der Waals surface area (Å²) in [5.41, 5.74) is -0.326. The average Bonchev–Trinajstić information content (AvgIpc) is 1.84. The fourth-order valence-corrected chi connectivity index (χ4v) is 1.01. The van der Waals surface area contributed by atoms with Crippen LogP contribution in [0.25, 0.3) is 0 Å². The Bertz CT molecular complexity index is 116. The lowest BCUT2D eigenvalue weighted by Crippen LogP contribution is -1.91. The van der Waals surface area contributed by atoms with Crippen molar-refractivity contribution in [3.05, 3.63) is 0 Å². The molecular weight excluding hydrogens is 162 g/mol. The molecule has 0 aromatic heterocycles. The Kier molecular flexibility index (Phi) is 4.50. The number of halogens is 1. The van der Waals surface area contributed by atoms with Gasteiger partial charge >= 0.3 is 7.60 Å². The van der Waals surface area contributed by atoms with Gasteiger partial charge in [0.2, 0.25) is 0 Å². The summed E-state index contributed by atoms with van der Waals surface area (Å²) in [4.78, 5) is 8.66. The summed E-state index contributed by atoms with van der Waals surface area (Å²) in [5.74, 6) is 0. The van der Waals surface area contributed by atoms with E-state index in [4.69, 9.17) is 16.5 Å². The largest absolute Gasteiger partial charge is 0.342 e. The van der Waals surface area contributed by atoms with Gasteiger partial charge in [0.15, 0.2) is 0 Å². The van der Waals surface area contributed by atoms with Crippen molar-refractivity contribution in [2.75, 3.05) is 12.2 Å². The van der Waals surface area contributed by atoms with Gasteiger partial charge in [-0.1, -0.05) is 6.92 Å². The second-order valence-corrected chi connectivity index (χ2v) is 4.08. The number of rotatable bonds is 4. The molecule has 0 heterocycles.